The van der Waals surface area contributed by atoms with E-state index in [4.69, 9.17) is 15.6 Å². The van der Waals surface area contributed by atoms with Gasteiger partial charge in [0.2, 0.25) is 5.88 Å². The van der Waals surface area contributed by atoms with Crippen LogP contribution in [0.5, 0.6) is 11.6 Å². The Kier molecular flexibility index (Phi) is 3.74. The molecular formula is C13H15N3O2. The number of aliphatic hydroxyl groups is 1. The smallest absolute Gasteiger partial charge is 0.224 e. The number of hydrogen-bond donors (Lipinski definition) is 2. The zero-order valence-corrected chi connectivity index (χ0v) is 10.1. The highest BCUT2D eigenvalue weighted by Crippen LogP contribution is 2.21. The van der Waals surface area contributed by atoms with Crippen LogP contribution in [0.1, 0.15) is 18.3 Å². The fourth-order valence-corrected chi connectivity index (χ4v) is 1.49. The van der Waals surface area contributed by atoms with Crippen molar-refractivity contribution in [3.05, 3.63) is 41.7 Å². The van der Waals surface area contributed by atoms with Crippen molar-refractivity contribution in [1.82, 2.24) is 9.97 Å². The molecule has 18 heavy (non-hydrogen) atoms. The molecular weight excluding hydrogens is 230 g/mol. The first-order valence-electron chi connectivity index (χ1n) is 5.72. The van der Waals surface area contributed by atoms with Gasteiger partial charge in [-0.05, 0) is 17.7 Å². The van der Waals surface area contributed by atoms with Crippen LogP contribution in [0.2, 0.25) is 0 Å². The number of rotatable bonds is 4. The number of aryl methyl sites for hydroxylation is 1. The fourth-order valence-electron chi connectivity index (χ4n) is 1.49. The molecule has 0 unspecified atom stereocenters. The van der Waals surface area contributed by atoms with E-state index in [9.17, 15) is 0 Å². The number of benzene rings is 1. The van der Waals surface area contributed by atoms with Gasteiger partial charge in [-0.3, -0.25) is 0 Å². The molecule has 0 fully saturated rings. The Morgan fingerprint density at radius 2 is 1.94 bits per heavy atom. The van der Waals surface area contributed by atoms with Crippen molar-refractivity contribution in [3.63, 3.8) is 0 Å². The number of aliphatic hydroxyl groups excluding tert-OH is 1. The number of anilines is 1. The van der Waals surface area contributed by atoms with Crippen molar-refractivity contribution in [2.24, 2.45) is 0 Å². The summed E-state index contributed by atoms with van der Waals surface area (Å²) in [5.41, 5.74) is 6.50. The molecule has 3 N–H and O–H groups in total. The van der Waals surface area contributed by atoms with Crippen LogP contribution in [-0.2, 0) is 13.0 Å². The van der Waals surface area contributed by atoms with Gasteiger partial charge in [0.1, 0.15) is 17.4 Å². The minimum absolute atomic E-state index is 0.0146. The Labute approximate surface area is 105 Å². The minimum Gasteiger partial charge on any atom is -0.439 e. The first-order chi connectivity index (χ1) is 8.71. The zero-order valence-electron chi connectivity index (χ0n) is 10.1. The second kappa shape index (κ2) is 5.46. The maximum absolute atomic E-state index is 8.94. The van der Waals surface area contributed by atoms with Crippen LogP contribution < -0.4 is 10.5 Å². The lowest BCUT2D eigenvalue weighted by Gasteiger charge is -2.07. The van der Waals surface area contributed by atoms with Gasteiger partial charge in [0.15, 0.2) is 0 Å². The molecule has 1 aromatic heterocycles. The largest absolute Gasteiger partial charge is 0.439 e. The molecule has 0 aliphatic carbocycles. The number of ether oxygens (including phenoxy) is 1. The van der Waals surface area contributed by atoms with E-state index < -0.39 is 0 Å². The molecule has 5 nitrogen and oxygen atoms in total. The van der Waals surface area contributed by atoms with Crippen LogP contribution in [-0.4, -0.2) is 15.1 Å². The van der Waals surface area contributed by atoms with Crippen molar-refractivity contribution < 1.29 is 9.84 Å². The summed E-state index contributed by atoms with van der Waals surface area (Å²) in [6.07, 6.45) is 0.699. The molecule has 0 radical (unpaired) electrons. The third kappa shape index (κ3) is 2.95. The zero-order chi connectivity index (χ0) is 13.0. The van der Waals surface area contributed by atoms with Crippen LogP contribution >= 0.6 is 0 Å². The van der Waals surface area contributed by atoms with Crippen LogP contribution in [0, 0.1) is 0 Å². The summed E-state index contributed by atoms with van der Waals surface area (Å²) in [5, 5.41) is 8.94. The molecule has 0 atom stereocenters. The Morgan fingerprint density at radius 1 is 1.22 bits per heavy atom. The number of nitrogens with two attached hydrogens (primary N) is 1. The van der Waals surface area contributed by atoms with Gasteiger partial charge in [0.25, 0.3) is 0 Å². The molecule has 1 aromatic carbocycles. The average Bonchev–Trinajstić information content (AvgIpc) is 2.39. The molecule has 0 aliphatic heterocycles. The van der Waals surface area contributed by atoms with Crippen molar-refractivity contribution in [1.29, 1.82) is 0 Å². The van der Waals surface area contributed by atoms with Gasteiger partial charge in [0, 0.05) is 12.5 Å². The molecule has 0 saturated carbocycles. The fraction of sp³-hybridized carbons (Fsp3) is 0.231. The van der Waals surface area contributed by atoms with Crippen molar-refractivity contribution in [3.8, 4) is 11.6 Å². The van der Waals surface area contributed by atoms with E-state index >= 15 is 0 Å². The molecule has 0 spiro atoms. The maximum Gasteiger partial charge on any atom is 0.224 e. The highest BCUT2D eigenvalue weighted by Gasteiger charge is 2.03. The summed E-state index contributed by atoms with van der Waals surface area (Å²) < 4.78 is 5.59. The summed E-state index contributed by atoms with van der Waals surface area (Å²) in [4.78, 5) is 8.30. The van der Waals surface area contributed by atoms with Crippen LogP contribution in [0.15, 0.2) is 30.3 Å². The summed E-state index contributed by atoms with van der Waals surface area (Å²) in [7, 11) is 0. The molecule has 2 aromatic rings. The van der Waals surface area contributed by atoms with E-state index in [1.807, 2.05) is 6.92 Å². The summed E-state index contributed by atoms with van der Waals surface area (Å²) in [6.45, 7) is 1.97. The standard InChI is InChI=1S/C13H15N3O2/c1-2-12-15-11(14)7-13(16-12)18-10-5-3-9(8-17)4-6-10/h3-7,17H,2,8H2,1H3,(H2,14,15,16). The summed E-state index contributed by atoms with van der Waals surface area (Å²) >= 11 is 0. The van der Waals surface area contributed by atoms with Crippen molar-refractivity contribution in [2.45, 2.75) is 20.0 Å². The molecule has 5 heteroatoms. The maximum atomic E-state index is 8.94. The van der Waals surface area contributed by atoms with Gasteiger partial charge in [-0.2, -0.15) is 4.98 Å². The normalized spacial score (nSPS) is 10.3. The van der Waals surface area contributed by atoms with E-state index in [1.165, 1.54) is 0 Å². The number of nitrogens with zero attached hydrogens (tertiary/aromatic N) is 2. The molecule has 0 aliphatic rings. The topological polar surface area (TPSA) is 81.3 Å². The lowest BCUT2D eigenvalue weighted by atomic mass is 10.2. The molecule has 1 heterocycles. The van der Waals surface area contributed by atoms with Gasteiger partial charge in [0.05, 0.1) is 6.61 Å². The third-order valence-corrected chi connectivity index (χ3v) is 2.41. The number of nitrogen functional groups attached to an aromatic ring is 1. The van der Waals surface area contributed by atoms with E-state index in [2.05, 4.69) is 9.97 Å². The lowest BCUT2D eigenvalue weighted by Crippen LogP contribution is -2.00. The highest BCUT2D eigenvalue weighted by molar-refractivity contribution is 5.36. The average molecular weight is 245 g/mol. The molecule has 0 amide bonds. The predicted molar refractivity (Wildman–Crippen MR) is 68.3 cm³/mol. The Hall–Kier alpha value is -2.14. The van der Waals surface area contributed by atoms with Gasteiger partial charge >= 0.3 is 0 Å². The van der Waals surface area contributed by atoms with Crippen molar-refractivity contribution in [2.75, 3.05) is 5.73 Å². The molecule has 2 rings (SSSR count). The second-order valence-electron chi connectivity index (χ2n) is 3.80. The van der Waals surface area contributed by atoms with E-state index in [-0.39, 0.29) is 6.61 Å². The predicted octanol–water partition coefficient (Wildman–Crippen LogP) is 1.91. The summed E-state index contributed by atoms with van der Waals surface area (Å²) in [6, 6.07) is 8.71. The van der Waals surface area contributed by atoms with Crippen LogP contribution in [0.3, 0.4) is 0 Å². The van der Waals surface area contributed by atoms with E-state index in [1.54, 1.807) is 30.3 Å². The first kappa shape index (κ1) is 12.3. The van der Waals surface area contributed by atoms with E-state index in [0.717, 1.165) is 5.56 Å². The molecule has 94 valence electrons. The molecule has 0 bridgehead atoms. The first-order valence-corrected chi connectivity index (χ1v) is 5.72. The van der Waals surface area contributed by atoms with Gasteiger partial charge < -0.3 is 15.6 Å². The lowest BCUT2D eigenvalue weighted by molar-refractivity contribution is 0.281. The van der Waals surface area contributed by atoms with Gasteiger partial charge in [-0.15, -0.1) is 0 Å². The van der Waals surface area contributed by atoms with Crippen LogP contribution in [0.4, 0.5) is 5.82 Å². The van der Waals surface area contributed by atoms with Crippen LogP contribution in [0.25, 0.3) is 0 Å². The highest BCUT2D eigenvalue weighted by atomic mass is 16.5. The Morgan fingerprint density at radius 3 is 2.56 bits per heavy atom. The van der Waals surface area contributed by atoms with Crippen molar-refractivity contribution >= 4 is 5.82 Å². The molecule has 0 saturated heterocycles. The number of hydrogen-bond acceptors (Lipinski definition) is 5. The quantitative estimate of drug-likeness (QED) is 0.859. The monoisotopic (exact) mass is 245 g/mol. The van der Waals surface area contributed by atoms with Gasteiger partial charge in [-0.1, -0.05) is 19.1 Å². The Bertz CT molecular complexity index is 526. The van der Waals surface area contributed by atoms with E-state index in [0.29, 0.717) is 29.7 Å². The Balaban J connectivity index is 2.19. The van der Waals surface area contributed by atoms with Gasteiger partial charge in [-0.25, -0.2) is 4.98 Å². The minimum atomic E-state index is 0.0146. The second-order valence-corrected chi connectivity index (χ2v) is 3.80. The number of aromatic nitrogens is 2. The summed E-state index contributed by atoms with van der Waals surface area (Å²) in [5.74, 6) is 2.12. The third-order valence-electron chi connectivity index (χ3n) is 2.41. The SMILES string of the molecule is CCc1nc(N)cc(Oc2ccc(CO)cc2)n1.